The van der Waals surface area contributed by atoms with Gasteiger partial charge >= 0.3 is 0 Å². The lowest BCUT2D eigenvalue weighted by Crippen LogP contribution is -2.12. The lowest BCUT2D eigenvalue weighted by Gasteiger charge is -2.06. The first kappa shape index (κ1) is 18.4. The molecule has 136 valence electrons. The molecule has 0 saturated carbocycles. The Labute approximate surface area is 154 Å². The van der Waals surface area contributed by atoms with Crippen molar-refractivity contribution in [3.8, 4) is 0 Å². The second kappa shape index (κ2) is 8.80. The molecule has 0 bridgehead atoms. The number of H-pyrrole nitrogens is 1. The van der Waals surface area contributed by atoms with Crippen LogP contribution in [-0.4, -0.2) is 21.6 Å². The Morgan fingerprint density at radius 2 is 1.96 bits per heavy atom. The monoisotopic (exact) mass is 375 g/mol. The third-order valence-corrected chi connectivity index (χ3v) is 4.82. The minimum Gasteiger partial charge on any atom is -0.333 e. The highest BCUT2D eigenvalue weighted by atomic mass is 32.2. The van der Waals surface area contributed by atoms with Gasteiger partial charge in [0.05, 0.1) is 16.7 Å². The molecular formula is C19H19F2N3OS. The van der Waals surface area contributed by atoms with Gasteiger partial charge in [0.15, 0.2) is 5.16 Å². The number of fused-ring (bicyclic) bond motifs is 1. The van der Waals surface area contributed by atoms with E-state index >= 15 is 0 Å². The quantitative estimate of drug-likeness (QED) is 0.424. The van der Waals surface area contributed by atoms with Gasteiger partial charge in [0.1, 0.15) is 11.6 Å². The van der Waals surface area contributed by atoms with E-state index in [1.54, 1.807) is 11.8 Å². The first-order chi connectivity index (χ1) is 12.6. The number of anilines is 1. The van der Waals surface area contributed by atoms with Gasteiger partial charge in [-0.1, -0.05) is 30.3 Å². The van der Waals surface area contributed by atoms with Crippen molar-refractivity contribution in [1.82, 2.24) is 9.97 Å². The molecule has 0 aliphatic heterocycles. The molecule has 3 rings (SSSR count). The number of nitrogens with zero attached hydrogens (tertiary/aromatic N) is 1. The highest BCUT2D eigenvalue weighted by molar-refractivity contribution is 7.99. The van der Waals surface area contributed by atoms with Gasteiger partial charge in [-0.15, -0.1) is 0 Å². The first-order valence-corrected chi connectivity index (χ1v) is 9.43. The van der Waals surface area contributed by atoms with Crippen LogP contribution in [0.4, 0.5) is 14.5 Å². The normalized spacial score (nSPS) is 11.0. The number of carbonyl (C=O) groups is 1. The third-order valence-electron chi connectivity index (χ3n) is 3.86. The summed E-state index contributed by atoms with van der Waals surface area (Å²) in [5.74, 6) is -0.780. The summed E-state index contributed by atoms with van der Waals surface area (Å²) in [6.45, 7) is 0. The Bertz CT molecular complexity index is 864. The van der Waals surface area contributed by atoms with E-state index in [1.165, 1.54) is 6.07 Å². The van der Waals surface area contributed by atoms with Crippen LogP contribution in [0.1, 0.15) is 25.7 Å². The van der Waals surface area contributed by atoms with E-state index < -0.39 is 11.6 Å². The molecule has 0 aliphatic carbocycles. The molecule has 0 aliphatic rings. The zero-order valence-corrected chi connectivity index (χ0v) is 14.9. The molecule has 2 aromatic carbocycles. The van der Waals surface area contributed by atoms with Crippen LogP contribution in [-0.2, 0) is 4.79 Å². The number of halogens is 2. The van der Waals surface area contributed by atoms with E-state index in [9.17, 15) is 13.6 Å². The molecule has 0 radical (unpaired) electrons. The summed E-state index contributed by atoms with van der Waals surface area (Å²) in [5, 5.41) is 3.37. The summed E-state index contributed by atoms with van der Waals surface area (Å²) >= 11 is 1.66. The Balaban J connectivity index is 1.33. The molecule has 0 spiro atoms. The molecule has 1 amide bonds. The smallest absolute Gasteiger partial charge is 0.224 e. The number of carbonyl (C=O) groups excluding carboxylic acids is 1. The molecule has 3 aromatic rings. The third kappa shape index (κ3) is 5.05. The van der Waals surface area contributed by atoms with E-state index in [-0.39, 0.29) is 11.6 Å². The van der Waals surface area contributed by atoms with E-state index in [0.717, 1.165) is 53.3 Å². The maximum absolute atomic E-state index is 13.5. The standard InChI is InChI=1S/C19H19F2N3OS/c20-13-9-10-15(14(21)12-13)22-18(25)8-2-1-5-11-26-19-23-16-6-3-4-7-17(16)24-19/h3-4,6-7,9-10,12H,1-2,5,8,11H2,(H,22,25)(H,23,24). The molecule has 0 unspecified atom stereocenters. The van der Waals surface area contributed by atoms with Crippen LogP contribution in [0, 0.1) is 11.6 Å². The van der Waals surface area contributed by atoms with Crippen molar-refractivity contribution in [3.05, 3.63) is 54.1 Å². The number of unbranched alkanes of at least 4 members (excludes halogenated alkanes) is 2. The van der Waals surface area contributed by atoms with Crippen LogP contribution < -0.4 is 5.32 Å². The van der Waals surface area contributed by atoms with Gasteiger partial charge in [-0.3, -0.25) is 4.79 Å². The lowest BCUT2D eigenvalue weighted by atomic mass is 10.2. The molecule has 0 fully saturated rings. The largest absolute Gasteiger partial charge is 0.333 e. The molecular weight excluding hydrogens is 356 g/mol. The lowest BCUT2D eigenvalue weighted by molar-refractivity contribution is -0.116. The van der Waals surface area contributed by atoms with Crippen LogP contribution >= 0.6 is 11.8 Å². The number of hydrogen-bond donors (Lipinski definition) is 2. The molecule has 0 saturated heterocycles. The van der Waals surface area contributed by atoms with Crippen molar-refractivity contribution in [2.24, 2.45) is 0 Å². The molecule has 4 nitrogen and oxygen atoms in total. The molecule has 1 aromatic heterocycles. The number of imidazole rings is 1. The Morgan fingerprint density at radius 1 is 1.12 bits per heavy atom. The highest BCUT2D eigenvalue weighted by Gasteiger charge is 2.08. The van der Waals surface area contributed by atoms with Gasteiger partial charge in [-0.2, -0.15) is 0 Å². The summed E-state index contributed by atoms with van der Waals surface area (Å²) in [6.07, 6.45) is 2.88. The second-order valence-corrected chi connectivity index (χ2v) is 6.97. The van der Waals surface area contributed by atoms with Gasteiger partial charge in [0.2, 0.25) is 5.91 Å². The van der Waals surface area contributed by atoms with Crippen LogP contribution in [0.25, 0.3) is 11.0 Å². The average molecular weight is 375 g/mol. The number of benzene rings is 2. The zero-order valence-electron chi connectivity index (χ0n) is 14.1. The van der Waals surface area contributed by atoms with Gasteiger partial charge in [0, 0.05) is 18.2 Å². The fourth-order valence-corrected chi connectivity index (χ4v) is 3.42. The van der Waals surface area contributed by atoms with Gasteiger partial charge in [-0.25, -0.2) is 13.8 Å². The summed E-state index contributed by atoms with van der Waals surface area (Å²) in [5.41, 5.74) is 2.00. The fourth-order valence-electron chi connectivity index (χ4n) is 2.53. The van der Waals surface area contributed by atoms with Crippen molar-refractivity contribution >= 4 is 34.4 Å². The average Bonchev–Trinajstić information content (AvgIpc) is 3.03. The van der Waals surface area contributed by atoms with Crippen molar-refractivity contribution in [3.63, 3.8) is 0 Å². The Hall–Kier alpha value is -2.41. The topological polar surface area (TPSA) is 57.8 Å². The number of amides is 1. The second-order valence-electron chi connectivity index (χ2n) is 5.89. The summed E-state index contributed by atoms with van der Waals surface area (Å²) < 4.78 is 26.3. The molecule has 26 heavy (non-hydrogen) atoms. The van der Waals surface area contributed by atoms with E-state index in [1.807, 2.05) is 24.3 Å². The number of para-hydroxylation sites is 2. The minimum absolute atomic E-state index is 0.0110. The van der Waals surface area contributed by atoms with Crippen LogP contribution in [0.3, 0.4) is 0 Å². The number of hydrogen-bond acceptors (Lipinski definition) is 3. The zero-order chi connectivity index (χ0) is 18.4. The van der Waals surface area contributed by atoms with E-state index in [4.69, 9.17) is 0 Å². The van der Waals surface area contributed by atoms with Crippen LogP contribution in [0.15, 0.2) is 47.6 Å². The van der Waals surface area contributed by atoms with E-state index in [2.05, 4.69) is 15.3 Å². The number of thioether (sulfide) groups is 1. The van der Waals surface area contributed by atoms with E-state index in [0.29, 0.717) is 6.42 Å². The van der Waals surface area contributed by atoms with Crippen molar-refractivity contribution in [2.45, 2.75) is 30.8 Å². The fraction of sp³-hybridized carbons (Fsp3) is 0.263. The van der Waals surface area contributed by atoms with Crippen molar-refractivity contribution in [2.75, 3.05) is 11.1 Å². The number of nitrogens with one attached hydrogen (secondary N) is 2. The SMILES string of the molecule is O=C(CCCCCSc1nc2ccccc2[nH]1)Nc1ccc(F)cc1F. The Morgan fingerprint density at radius 3 is 2.77 bits per heavy atom. The van der Waals surface area contributed by atoms with Crippen LogP contribution in [0.2, 0.25) is 0 Å². The number of rotatable bonds is 8. The predicted octanol–water partition coefficient (Wildman–Crippen LogP) is 5.13. The molecule has 0 atom stereocenters. The minimum atomic E-state index is -0.763. The molecule has 2 N–H and O–H groups in total. The highest BCUT2D eigenvalue weighted by Crippen LogP contribution is 2.21. The Kier molecular flexibility index (Phi) is 6.22. The van der Waals surface area contributed by atoms with Crippen molar-refractivity contribution in [1.29, 1.82) is 0 Å². The van der Waals surface area contributed by atoms with Gasteiger partial charge in [-0.05, 0) is 37.1 Å². The molecule has 7 heteroatoms. The first-order valence-electron chi connectivity index (χ1n) is 8.44. The van der Waals surface area contributed by atoms with Gasteiger partial charge < -0.3 is 10.3 Å². The number of aromatic amines is 1. The molecule has 1 heterocycles. The van der Waals surface area contributed by atoms with Crippen LogP contribution in [0.5, 0.6) is 0 Å². The summed E-state index contributed by atoms with van der Waals surface area (Å²) in [6, 6.07) is 11.0. The summed E-state index contributed by atoms with van der Waals surface area (Å²) in [4.78, 5) is 19.6. The summed E-state index contributed by atoms with van der Waals surface area (Å²) in [7, 11) is 0. The maximum atomic E-state index is 13.5. The predicted molar refractivity (Wildman–Crippen MR) is 100 cm³/mol. The van der Waals surface area contributed by atoms with Gasteiger partial charge in [0.25, 0.3) is 0 Å². The number of aromatic nitrogens is 2. The van der Waals surface area contributed by atoms with Crippen molar-refractivity contribution < 1.29 is 13.6 Å². The maximum Gasteiger partial charge on any atom is 0.224 e.